The Kier molecular flexibility index (Phi) is 5.75. The highest BCUT2D eigenvalue weighted by atomic mass is 16.5. The Labute approximate surface area is 125 Å². The average molecular weight is 290 g/mol. The van der Waals surface area contributed by atoms with Gasteiger partial charge >= 0.3 is 0 Å². The smallest absolute Gasteiger partial charge is 0.254 e. The maximum Gasteiger partial charge on any atom is 0.254 e. The monoisotopic (exact) mass is 290 g/mol. The van der Waals surface area contributed by atoms with Crippen molar-refractivity contribution in [3.05, 3.63) is 29.8 Å². The molecule has 1 heterocycles. The molecular weight excluding hydrogens is 268 g/mol. The molecule has 0 atom stereocenters. The first-order valence-corrected chi connectivity index (χ1v) is 7.47. The number of nitrogens with one attached hydrogen (secondary N) is 1. The molecule has 1 aliphatic rings. The van der Waals surface area contributed by atoms with Crippen LogP contribution in [-0.2, 0) is 9.53 Å². The molecule has 1 fully saturated rings. The van der Waals surface area contributed by atoms with Crippen molar-refractivity contribution in [3.63, 3.8) is 0 Å². The lowest BCUT2D eigenvalue weighted by molar-refractivity contribution is -0.116. The number of unbranched alkanes of at least 4 members (excludes halogenated alkanes) is 1. The third kappa shape index (κ3) is 4.56. The number of benzene rings is 1. The Hall–Kier alpha value is -1.88. The number of carbonyl (C=O) groups is 2. The molecule has 0 bridgehead atoms. The van der Waals surface area contributed by atoms with Crippen LogP contribution in [0.25, 0.3) is 0 Å². The van der Waals surface area contributed by atoms with Gasteiger partial charge in [-0.25, -0.2) is 0 Å². The van der Waals surface area contributed by atoms with E-state index in [1.54, 1.807) is 29.2 Å². The predicted octanol–water partition coefficient (Wildman–Crippen LogP) is 2.29. The fourth-order valence-electron chi connectivity index (χ4n) is 2.24. The summed E-state index contributed by atoms with van der Waals surface area (Å²) >= 11 is 0. The van der Waals surface area contributed by atoms with Crippen molar-refractivity contribution in [2.45, 2.75) is 26.2 Å². The van der Waals surface area contributed by atoms with E-state index in [2.05, 4.69) is 12.2 Å². The molecule has 1 N–H and O–H groups in total. The van der Waals surface area contributed by atoms with Gasteiger partial charge in [-0.1, -0.05) is 19.4 Å². The largest absolute Gasteiger partial charge is 0.378 e. The number of nitrogens with zero attached hydrogens (tertiary/aromatic N) is 1. The number of morpholine rings is 1. The Balaban J connectivity index is 1.99. The van der Waals surface area contributed by atoms with Crippen LogP contribution in [0.1, 0.15) is 36.5 Å². The molecule has 0 radical (unpaired) electrons. The fraction of sp³-hybridized carbons (Fsp3) is 0.500. The number of hydrogen-bond donors (Lipinski definition) is 1. The summed E-state index contributed by atoms with van der Waals surface area (Å²) in [6, 6.07) is 7.12. The molecule has 0 aliphatic carbocycles. The fourth-order valence-corrected chi connectivity index (χ4v) is 2.24. The van der Waals surface area contributed by atoms with Gasteiger partial charge in [-0.15, -0.1) is 0 Å². The number of carbonyl (C=O) groups excluding carboxylic acids is 2. The first kappa shape index (κ1) is 15.5. The van der Waals surface area contributed by atoms with Crippen molar-refractivity contribution in [3.8, 4) is 0 Å². The van der Waals surface area contributed by atoms with Gasteiger partial charge in [0.2, 0.25) is 5.91 Å². The molecule has 5 heteroatoms. The van der Waals surface area contributed by atoms with Crippen LogP contribution >= 0.6 is 0 Å². The molecular formula is C16H22N2O3. The minimum atomic E-state index is -0.0112. The van der Waals surface area contributed by atoms with E-state index >= 15 is 0 Å². The molecule has 5 nitrogen and oxygen atoms in total. The van der Waals surface area contributed by atoms with Crippen molar-refractivity contribution >= 4 is 17.5 Å². The molecule has 0 aromatic heterocycles. The minimum absolute atomic E-state index is 0.00665. The second kappa shape index (κ2) is 7.78. The maximum absolute atomic E-state index is 12.4. The number of amides is 2. The average Bonchev–Trinajstić information content (AvgIpc) is 2.53. The second-order valence-corrected chi connectivity index (χ2v) is 5.14. The summed E-state index contributed by atoms with van der Waals surface area (Å²) in [5, 5.41) is 2.84. The van der Waals surface area contributed by atoms with Crippen LogP contribution in [0.2, 0.25) is 0 Å². The molecule has 21 heavy (non-hydrogen) atoms. The van der Waals surface area contributed by atoms with Crippen molar-refractivity contribution in [1.82, 2.24) is 4.90 Å². The van der Waals surface area contributed by atoms with Gasteiger partial charge < -0.3 is 15.0 Å². The molecule has 1 aromatic carbocycles. The van der Waals surface area contributed by atoms with Gasteiger partial charge in [0.15, 0.2) is 0 Å². The van der Waals surface area contributed by atoms with E-state index < -0.39 is 0 Å². The van der Waals surface area contributed by atoms with Crippen LogP contribution in [0.4, 0.5) is 5.69 Å². The first-order valence-electron chi connectivity index (χ1n) is 7.47. The van der Waals surface area contributed by atoms with Crippen molar-refractivity contribution < 1.29 is 14.3 Å². The molecule has 1 aromatic rings. The number of ether oxygens (including phenoxy) is 1. The van der Waals surface area contributed by atoms with Gasteiger partial charge in [-0.2, -0.15) is 0 Å². The first-order chi connectivity index (χ1) is 10.2. The van der Waals surface area contributed by atoms with Crippen LogP contribution in [-0.4, -0.2) is 43.0 Å². The topological polar surface area (TPSA) is 58.6 Å². The molecule has 0 spiro atoms. The Bertz CT molecular complexity index is 496. The SMILES string of the molecule is CCCCC(=O)Nc1cccc(C(=O)N2CCOCC2)c1. The maximum atomic E-state index is 12.4. The zero-order chi connectivity index (χ0) is 15.1. The van der Waals surface area contributed by atoms with Crippen LogP contribution in [0.3, 0.4) is 0 Å². The van der Waals surface area contributed by atoms with E-state index in [1.807, 2.05) is 0 Å². The van der Waals surface area contributed by atoms with Crippen LogP contribution in [0.15, 0.2) is 24.3 Å². The normalized spacial score (nSPS) is 14.8. The quantitative estimate of drug-likeness (QED) is 0.905. The zero-order valence-electron chi connectivity index (χ0n) is 12.4. The van der Waals surface area contributed by atoms with E-state index in [0.29, 0.717) is 44.0 Å². The lowest BCUT2D eigenvalue weighted by Gasteiger charge is -2.27. The van der Waals surface area contributed by atoms with Gasteiger partial charge in [0.1, 0.15) is 0 Å². The minimum Gasteiger partial charge on any atom is -0.378 e. The molecule has 114 valence electrons. The second-order valence-electron chi connectivity index (χ2n) is 5.14. The van der Waals surface area contributed by atoms with E-state index in [1.165, 1.54) is 0 Å². The van der Waals surface area contributed by atoms with Crippen LogP contribution < -0.4 is 5.32 Å². The molecule has 0 saturated carbocycles. The Morgan fingerprint density at radius 3 is 2.76 bits per heavy atom. The Morgan fingerprint density at radius 2 is 2.05 bits per heavy atom. The van der Waals surface area contributed by atoms with E-state index in [-0.39, 0.29) is 11.8 Å². The van der Waals surface area contributed by atoms with Crippen molar-refractivity contribution in [2.24, 2.45) is 0 Å². The van der Waals surface area contributed by atoms with Gasteiger partial charge in [0.05, 0.1) is 13.2 Å². The van der Waals surface area contributed by atoms with Gasteiger partial charge in [0.25, 0.3) is 5.91 Å². The van der Waals surface area contributed by atoms with Gasteiger partial charge in [-0.05, 0) is 24.6 Å². The molecule has 1 saturated heterocycles. The summed E-state index contributed by atoms with van der Waals surface area (Å²) in [6.07, 6.45) is 2.37. The summed E-state index contributed by atoms with van der Waals surface area (Å²) < 4.78 is 5.25. The van der Waals surface area contributed by atoms with Crippen molar-refractivity contribution in [2.75, 3.05) is 31.6 Å². The zero-order valence-corrected chi connectivity index (χ0v) is 12.4. The molecule has 0 unspecified atom stereocenters. The van der Waals surface area contributed by atoms with Gasteiger partial charge in [0, 0.05) is 30.8 Å². The standard InChI is InChI=1S/C16H22N2O3/c1-2-3-7-15(19)17-14-6-4-5-13(12-14)16(20)18-8-10-21-11-9-18/h4-6,12H,2-3,7-11H2,1H3,(H,17,19). The van der Waals surface area contributed by atoms with Crippen LogP contribution in [0, 0.1) is 0 Å². The third-order valence-corrected chi connectivity index (χ3v) is 3.45. The van der Waals surface area contributed by atoms with E-state index in [9.17, 15) is 9.59 Å². The highest BCUT2D eigenvalue weighted by molar-refractivity contribution is 5.97. The van der Waals surface area contributed by atoms with E-state index in [4.69, 9.17) is 4.74 Å². The number of anilines is 1. The summed E-state index contributed by atoms with van der Waals surface area (Å²) in [5.41, 5.74) is 1.28. The third-order valence-electron chi connectivity index (χ3n) is 3.45. The van der Waals surface area contributed by atoms with Gasteiger partial charge in [-0.3, -0.25) is 9.59 Å². The summed E-state index contributed by atoms with van der Waals surface area (Å²) in [6.45, 7) is 4.45. The lowest BCUT2D eigenvalue weighted by atomic mass is 10.1. The number of rotatable bonds is 5. The lowest BCUT2D eigenvalue weighted by Crippen LogP contribution is -2.40. The predicted molar refractivity (Wildman–Crippen MR) is 81.3 cm³/mol. The highest BCUT2D eigenvalue weighted by Crippen LogP contribution is 2.14. The van der Waals surface area contributed by atoms with Crippen LogP contribution in [0.5, 0.6) is 0 Å². The summed E-state index contributed by atoms with van der Waals surface area (Å²) in [7, 11) is 0. The number of hydrogen-bond acceptors (Lipinski definition) is 3. The highest BCUT2D eigenvalue weighted by Gasteiger charge is 2.18. The summed E-state index contributed by atoms with van der Waals surface area (Å²) in [4.78, 5) is 25.9. The van der Waals surface area contributed by atoms with Crippen molar-refractivity contribution in [1.29, 1.82) is 0 Å². The molecule has 1 aliphatic heterocycles. The molecule has 2 amide bonds. The van der Waals surface area contributed by atoms with E-state index in [0.717, 1.165) is 12.8 Å². The Morgan fingerprint density at radius 1 is 1.29 bits per heavy atom. The molecule has 2 rings (SSSR count). The summed E-state index contributed by atoms with van der Waals surface area (Å²) in [5.74, 6) is -0.0178.